The molecule has 1 N–H and O–H groups in total. The molecule has 1 saturated heterocycles. The van der Waals surface area contributed by atoms with Crippen LogP contribution in [0.1, 0.15) is 24.2 Å². The molecule has 1 fully saturated rings. The molecule has 100 valence electrons. The predicted octanol–water partition coefficient (Wildman–Crippen LogP) is 2.72. The second-order valence-corrected chi connectivity index (χ2v) is 6.04. The Kier molecular flexibility index (Phi) is 3.29. The highest BCUT2D eigenvalue weighted by Gasteiger charge is 2.29. The minimum Gasteiger partial charge on any atom is -0.333 e. The zero-order valence-electron chi connectivity index (χ0n) is 11.2. The zero-order chi connectivity index (χ0) is 13.4. The molecule has 1 aromatic carbocycles. The minimum atomic E-state index is 0.165. The number of thiophene rings is 1. The Morgan fingerprint density at radius 2 is 2.16 bits per heavy atom. The lowest BCUT2D eigenvalue weighted by Gasteiger charge is -2.38. The molecule has 0 radical (unpaired) electrons. The van der Waals surface area contributed by atoms with Gasteiger partial charge in [0.15, 0.2) is 0 Å². The van der Waals surface area contributed by atoms with Gasteiger partial charge in [0.1, 0.15) is 0 Å². The van der Waals surface area contributed by atoms with Crippen LogP contribution in [0.5, 0.6) is 0 Å². The summed E-state index contributed by atoms with van der Waals surface area (Å²) in [6.07, 6.45) is 0. The van der Waals surface area contributed by atoms with E-state index in [9.17, 15) is 4.79 Å². The summed E-state index contributed by atoms with van der Waals surface area (Å²) in [5, 5.41) is 6.48. The van der Waals surface area contributed by atoms with Gasteiger partial charge in [-0.1, -0.05) is 18.2 Å². The number of carbonyl (C=O) groups is 1. The highest BCUT2D eigenvalue weighted by Crippen LogP contribution is 2.27. The van der Waals surface area contributed by atoms with Crippen molar-refractivity contribution in [1.82, 2.24) is 10.2 Å². The van der Waals surface area contributed by atoms with Gasteiger partial charge in [-0.05, 0) is 19.9 Å². The standard InChI is InChI=1S/C15H18N2OS/c1-10-11(2)17(8-7-16-10)15(18)13-9-19-14-6-4-3-5-12(13)14/h3-6,9-11,16H,7-8H2,1-2H3. The van der Waals surface area contributed by atoms with Gasteiger partial charge in [0, 0.05) is 40.6 Å². The summed E-state index contributed by atoms with van der Waals surface area (Å²) in [5.74, 6) is 0.165. The lowest BCUT2D eigenvalue weighted by atomic mass is 10.0. The molecule has 4 heteroatoms. The number of benzene rings is 1. The molecule has 0 bridgehead atoms. The minimum absolute atomic E-state index is 0.165. The van der Waals surface area contributed by atoms with Crippen molar-refractivity contribution >= 4 is 27.3 Å². The molecule has 3 nitrogen and oxygen atoms in total. The SMILES string of the molecule is CC1NCCN(C(=O)c2csc3ccccc23)C1C. The van der Waals surface area contributed by atoms with Crippen LogP contribution < -0.4 is 5.32 Å². The first kappa shape index (κ1) is 12.6. The first-order valence-corrected chi connectivity index (χ1v) is 7.57. The van der Waals surface area contributed by atoms with Gasteiger partial charge in [0.25, 0.3) is 5.91 Å². The Morgan fingerprint density at radius 1 is 1.37 bits per heavy atom. The van der Waals surface area contributed by atoms with Crippen molar-refractivity contribution < 1.29 is 4.79 Å². The van der Waals surface area contributed by atoms with E-state index in [1.165, 1.54) is 4.70 Å². The summed E-state index contributed by atoms with van der Waals surface area (Å²) in [4.78, 5) is 14.7. The van der Waals surface area contributed by atoms with Gasteiger partial charge in [-0.25, -0.2) is 0 Å². The maximum atomic E-state index is 12.7. The fourth-order valence-electron chi connectivity index (χ4n) is 2.64. The molecule has 0 aliphatic carbocycles. The van der Waals surface area contributed by atoms with Crippen LogP contribution in [0, 0.1) is 0 Å². The van der Waals surface area contributed by atoms with E-state index in [1.807, 2.05) is 28.5 Å². The van der Waals surface area contributed by atoms with Gasteiger partial charge in [0.05, 0.1) is 5.56 Å². The molecule has 2 unspecified atom stereocenters. The fraction of sp³-hybridized carbons (Fsp3) is 0.400. The van der Waals surface area contributed by atoms with Crippen LogP contribution in [0.3, 0.4) is 0 Å². The molecule has 0 spiro atoms. The largest absolute Gasteiger partial charge is 0.333 e. The fourth-order valence-corrected chi connectivity index (χ4v) is 3.58. The topological polar surface area (TPSA) is 32.3 Å². The third-order valence-electron chi connectivity index (χ3n) is 4.01. The van der Waals surface area contributed by atoms with E-state index in [0.29, 0.717) is 6.04 Å². The lowest BCUT2D eigenvalue weighted by molar-refractivity contribution is 0.0605. The number of nitrogens with one attached hydrogen (secondary N) is 1. The van der Waals surface area contributed by atoms with Crippen molar-refractivity contribution in [3.63, 3.8) is 0 Å². The van der Waals surface area contributed by atoms with E-state index in [-0.39, 0.29) is 11.9 Å². The average Bonchev–Trinajstić information content (AvgIpc) is 2.85. The maximum Gasteiger partial charge on any atom is 0.255 e. The Morgan fingerprint density at radius 3 is 3.00 bits per heavy atom. The lowest BCUT2D eigenvalue weighted by Crippen LogP contribution is -2.57. The number of hydrogen-bond donors (Lipinski definition) is 1. The smallest absolute Gasteiger partial charge is 0.255 e. The molecule has 1 aliphatic rings. The molecular weight excluding hydrogens is 256 g/mol. The first-order valence-electron chi connectivity index (χ1n) is 6.69. The van der Waals surface area contributed by atoms with Gasteiger partial charge >= 0.3 is 0 Å². The van der Waals surface area contributed by atoms with Gasteiger partial charge in [-0.2, -0.15) is 0 Å². The second-order valence-electron chi connectivity index (χ2n) is 5.13. The van der Waals surface area contributed by atoms with E-state index in [2.05, 4.69) is 25.2 Å². The molecule has 1 aromatic heterocycles. The van der Waals surface area contributed by atoms with Crippen molar-refractivity contribution in [2.75, 3.05) is 13.1 Å². The van der Waals surface area contributed by atoms with Crippen molar-refractivity contribution in [3.8, 4) is 0 Å². The summed E-state index contributed by atoms with van der Waals surface area (Å²) in [7, 11) is 0. The van der Waals surface area contributed by atoms with Crippen LogP contribution in [0.2, 0.25) is 0 Å². The Bertz CT molecular complexity index is 607. The van der Waals surface area contributed by atoms with Crippen molar-refractivity contribution in [1.29, 1.82) is 0 Å². The third kappa shape index (κ3) is 2.15. The van der Waals surface area contributed by atoms with Gasteiger partial charge in [0.2, 0.25) is 0 Å². The van der Waals surface area contributed by atoms with E-state index in [1.54, 1.807) is 11.3 Å². The molecule has 19 heavy (non-hydrogen) atoms. The van der Waals surface area contributed by atoms with E-state index < -0.39 is 0 Å². The molecule has 1 amide bonds. The molecule has 2 heterocycles. The normalized spacial score (nSPS) is 23.8. The summed E-state index contributed by atoms with van der Waals surface area (Å²) >= 11 is 1.65. The highest BCUT2D eigenvalue weighted by atomic mass is 32.1. The first-order chi connectivity index (χ1) is 9.18. The predicted molar refractivity (Wildman–Crippen MR) is 79.8 cm³/mol. The molecule has 2 aromatic rings. The summed E-state index contributed by atoms with van der Waals surface area (Å²) in [5.41, 5.74) is 0.849. The molecular formula is C15H18N2OS. The van der Waals surface area contributed by atoms with Crippen LogP contribution >= 0.6 is 11.3 Å². The quantitative estimate of drug-likeness (QED) is 0.867. The summed E-state index contributed by atoms with van der Waals surface area (Å²) in [6, 6.07) is 8.70. The Hall–Kier alpha value is -1.39. The number of hydrogen-bond acceptors (Lipinski definition) is 3. The van der Waals surface area contributed by atoms with Crippen molar-refractivity contribution in [2.45, 2.75) is 25.9 Å². The van der Waals surface area contributed by atoms with E-state index in [0.717, 1.165) is 24.0 Å². The van der Waals surface area contributed by atoms with Crippen molar-refractivity contribution in [2.24, 2.45) is 0 Å². The number of fused-ring (bicyclic) bond motifs is 1. The number of amides is 1. The Labute approximate surface area is 117 Å². The monoisotopic (exact) mass is 274 g/mol. The van der Waals surface area contributed by atoms with Crippen molar-refractivity contribution in [3.05, 3.63) is 35.2 Å². The van der Waals surface area contributed by atoms with Gasteiger partial charge in [-0.15, -0.1) is 11.3 Å². The number of rotatable bonds is 1. The second kappa shape index (κ2) is 4.94. The van der Waals surface area contributed by atoms with E-state index in [4.69, 9.17) is 0 Å². The maximum absolute atomic E-state index is 12.7. The van der Waals surface area contributed by atoms with Crippen LogP contribution in [-0.2, 0) is 0 Å². The number of carbonyl (C=O) groups excluding carboxylic acids is 1. The molecule has 0 saturated carbocycles. The summed E-state index contributed by atoms with van der Waals surface area (Å²) < 4.78 is 1.18. The number of nitrogens with zero attached hydrogens (tertiary/aromatic N) is 1. The van der Waals surface area contributed by atoms with E-state index >= 15 is 0 Å². The van der Waals surface area contributed by atoms with Crippen LogP contribution in [0.25, 0.3) is 10.1 Å². The zero-order valence-corrected chi connectivity index (χ0v) is 12.0. The average molecular weight is 274 g/mol. The van der Waals surface area contributed by atoms with Crippen LogP contribution in [0.15, 0.2) is 29.6 Å². The number of piperazine rings is 1. The molecule has 2 atom stereocenters. The van der Waals surface area contributed by atoms with Crippen LogP contribution in [-0.4, -0.2) is 36.0 Å². The van der Waals surface area contributed by atoms with Gasteiger partial charge < -0.3 is 10.2 Å². The highest BCUT2D eigenvalue weighted by molar-refractivity contribution is 7.17. The molecule has 3 rings (SSSR count). The molecule has 1 aliphatic heterocycles. The third-order valence-corrected chi connectivity index (χ3v) is 4.97. The summed E-state index contributed by atoms with van der Waals surface area (Å²) in [6.45, 7) is 5.91. The van der Waals surface area contributed by atoms with Crippen LogP contribution in [0.4, 0.5) is 0 Å². The Balaban J connectivity index is 1.95. The van der Waals surface area contributed by atoms with Gasteiger partial charge in [-0.3, -0.25) is 4.79 Å².